The molecule has 0 bridgehead atoms. The molecule has 0 radical (unpaired) electrons. The van der Waals surface area contributed by atoms with Crippen molar-refractivity contribution in [2.24, 2.45) is 0 Å². The van der Waals surface area contributed by atoms with E-state index in [2.05, 4.69) is 15.5 Å². The molecule has 0 saturated carbocycles. The maximum Gasteiger partial charge on any atom is 0.245 e. The molecule has 1 aromatic rings. The van der Waals surface area contributed by atoms with Gasteiger partial charge in [-0.2, -0.15) is 10.2 Å². The van der Waals surface area contributed by atoms with E-state index in [9.17, 15) is 9.59 Å². The highest BCUT2D eigenvalue weighted by Crippen LogP contribution is 2.15. The highest BCUT2D eigenvalue weighted by atomic mass is 16.2. The summed E-state index contributed by atoms with van der Waals surface area (Å²) in [5.41, 5.74) is 0.686. The summed E-state index contributed by atoms with van der Waals surface area (Å²) >= 11 is 0. The Morgan fingerprint density at radius 2 is 2.22 bits per heavy atom. The van der Waals surface area contributed by atoms with Crippen LogP contribution in [0.1, 0.15) is 26.0 Å². The van der Waals surface area contributed by atoms with Gasteiger partial charge in [-0.15, -0.1) is 0 Å². The van der Waals surface area contributed by atoms with E-state index >= 15 is 0 Å². The van der Waals surface area contributed by atoms with E-state index in [4.69, 9.17) is 0 Å². The zero-order valence-corrected chi connectivity index (χ0v) is 10.5. The minimum Gasteiger partial charge on any atom is -0.343 e. The molecule has 0 aromatic carbocycles. The van der Waals surface area contributed by atoms with Gasteiger partial charge in [-0.05, 0) is 25.5 Å². The summed E-state index contributed by atoms with van der Waals surface area (Å²) in [5, 5.41) is 10.4. The number of hydrogen-bond donors (Lipinski definition) is 1. The van der Waals surface area contributed by atoms with Crippen LogP contribution in [0.25, 0.3) is 0 Å². The number of carbonyl (C=O) groups is 2. The molecule has 6 nitrogen and oxygen atoms in total. The number of nitrogens with zero attached hydrogens (tertiary/aromatic N) is 3. The second-order valence-corrected chi connectivity index (χ2v) is 4.34. The molecule has 2 atom stereocenters. The smallest absolute Gasteiger partial charge is 0.245 e. The molecule has 1 aromatic heterocycles. The molecular formula is C12H16N4O2. The first-order chi connectivity index (χ1) is 8.63. The van der Waals surface area contributed by atoms with Gasteiger partial charge in [0.15, 0.2) is 0 Å². The van der Waals surface area contributed by atoms with Crippen LogP contribution >= 0.6 is 0 Å². The first-order valence-electron chi connectivity index (χ1n) is 6.01. The van der Waals surface area contributed by atoms with Gasteiger partial charge in [-0.3, -0.25) is 9.59 Å². The van der Waals surface area contributed by atoms with Crippen molar-refractivity contribution in [2.45, 2.75) is 38.9 Å². The molecule has 1 aliphatic rings. The minimum atomic E-state index is -0.475. The van der Waals surface area contributed by atoms with Gasteiger partial charge in [0.05, 0.1) is 12.2 Å². The van der Waals surface area contributed by atoms with Crippen LogP contribution < -0.4 is 5.32 Å². The van der Waals surface area contributed by atoms with Crippen LogP contribution in [0.3, 0.4) is 0 Å². The third-order valence-corrected chi connectivity index (χ3v) is 3.04. The molecule has 2 rings (SSSR count). The predicted molar refractivity (Wildman–Crippen MR) is 64.3 cm³/mol. The Morgan fingerprint density at radius 3 is 2.83 bits per heavy atom. The highest BCUT2D eigenvalue weighted by Gasteiger charge is 2.37. The quantitative estimate of drug-likeness (QED) is 0.823. The van der Waals surface area contributed by atoms with E-state index in [0.29, 0.717) is 18.7 Å². The van der Waals surface area contributed by atoms with Crippen molar-refractivity contribution in [1.82, 2.24) is 20.4 Å². The summed E-state index contributed by atoms with van der Waals surface area (Å²) in [6, 6.07) is 2.67. The predicted octanol–water partition coefficient (Wildman–Crippen LogP) is 0.102. The van der Waals surface area contributed by atoms with Gasteiger partial charge in [0, 0.05) is 6.20 Å². The zero-order valence-electron chi connectivity index (χ0n) is 10.5. The van der Waals surface area contributed by atoms with Gasteiger partial charge in [-0.25, -0.2) is 0 Å². The molecule has 18 heavy (non-hydrogen) atoms. The molecule has 1 N–H and O–H groups in total. The lowest BCUT2D eigenvalue weighted by molar-refractivity contribution is -0.149. The second-order valence-electron chi connectivity index (χ2n) is 4.34. The third kappa shape index (κ3) is 2.32. The van der Waals surface area contributed by atoms with Gasteiger partial charge >= 0.3 is 0 Å². The summed E-state index contributed by atoms with van der Waals surface area (Å²) in [4.78, 5) is 25.5. The third-order valence-electron chi connectivity index (χ3n) is 3.04. The summed E-state index contributed by atoms with van der Waals surface area (Å²) in [5.74, 6) is -0.180. The van der Waals surface area contributed by atoms with Crippen LogP contribution in [0.15, 0.2) is 18.3 Å². The number of aromatic nitrogens is 2. The molecule has 1 saturated heterocycles. The van der Waals surface area contributed by atoms with Gasteiger partial charge in [0.2, 0.25) is 11.8 Å². The summed E-state index contributed by atoms with van der Waals surface area (Å²) in [6.45, 7) is 3.90. The van der Waals surface area contributed by atoms with E-state index in [-0.39, 0.29) is 11.8 Å². The van der Waals surface area contributed by atoms with Crippen molar-refractivity contribution in [1.29, 1.82) is 0 Å². The molecular weight excluding hydrogens is 232 g/mol. The van der Waals surface area contributed by atoms with Crippen molar-refractivity contribution in [2.75, 3.05) is 0 Å². The van der Waals surface area contributed by atoms with Gasteiger partial charge in [0.1, 0.15) is 12.1 Å². The second kappa shape index (κ2) is 5.12. The number of rotatable bonds is 3. The fourth-order valence-corrected chi connectivity index (χ4v) is 2.10. The lowest BCUT2D eigenvalue weighted by Crippen LogP contribution is -2.61. The monoisotopic (exact) mass is 248 g/mol. The molecule has 96 valence electrons. The van der Waals surface area contributed by atoms with Gasteiger partial charge < -0.3 is 10.2 Å². The largest absolute Gasteiger partial charge is 0.343 e. The standard InChI is InChI=1S/C12H16N4O2/c1-3-10-11(17)14-8(2)12(18)16(10)7-9-5-4-6-13-15-9/h4-6,8,10H,3,7H2,1-2H3,(H,14,17). The van der Waals surface area contributed by atoms with Gasteiger partial charge in [0.25, 0.3) is 0 Å². The van der Waals surface area contributed by atoms with E-state index in [1.165, 1.54) is 0 Å². The van der Waals surface area contributed by atoms with Crippen molar-refractivity contribution in [3.63, 3.8) is 0 Å². The molecule has 6 heteroatoms. The van der Waals surface area contributed by atoms with Crippen molar-refractivity contribution < 1.29 is 9.59 Å². The maximum atomic E-state index is 12.1. The number of hydrogen-bond acceptors (Lipinski definition) is 4. The number of nitrogens with one attached hydrogen (secondary N) is 1. The Hall–Kier alpha value is -1.98. The molecule has 2 amide bonds. The number of carbonyl (C=O) groups excluding carboxylic acids is 2. The van der Waals surface area contributed by atoms with E-state index in [0.717, 1.165) is 0 Å². The Balaban J connectivity index is 2.21. The summed E-state index contributed by atoms with van der Waals surface area (Å²) < 4.78 is 0. The Kier molecular flexibility index (Phi) is 3.55. The van der Waals surface area contributed by atoms with Crippen molar-refractivity contribution in [3.05, 3.63) is 24.0 Å². The SMILES string of the molecule is CCC1C(=O)NC(C)C(=O)N1Cc1cccnn1. The number of amides is 2. The van der Waals surface area contributed by atoms with Crippen LogP contribution in [0.5, 0.6) is 0 Å². The lowest BCUT2D eigenvalue weighted by atomic mass is 10.1. The van der Waals surface area contributed by atoms with Crippen molar-refractivity contribution in [3.8, 4) is 0 Å². The van der Waals surface area contributed by atoms with Crippen LogP contribution in [0.4, 0.5) is 0 Å². The lowest BCUT2D eigenvalue weighted by Gasteiger charge is -2.37. The van der Waals surface area contributed by atoms with E-state index in [1.54, 1.807) is 30.2 Å². The summed E-state index contributed by atoms with van der Waals surface area (Å²) in [6.07, 6.45) is 2.17. The van der Waals surface area contributed by atoms with E-state index in [1.807, 2.05) is 6.92 Å². The zero-order chi connectivity index (χ0) is 13.1. The average Bonchev–Trinajstić information content (AvgIpc) is 2.37. The fraction of sp³-hybridized carbons (Fsp3) is 0.500. The molecule has 2 unspecified atom stereocenters. The average molecular weight is 248 g/mol. The molecule has 0 spiro atoms. The Bertz CT molecular complexity index is 449. The number of piperazine rings is 1. The first kappa shape index (κ1) is 12.5. The first-order valence-corrected chi connectivity index (χ1v) is 6.01. The fourth-order valence-electron chi connectivity index (χ4n) is 2.10. The Labute approximate surface area is 105 Å². The maximum absolute atomic E-state index is 12.1. The van der Waals surface area contributed by atoms with Crippen LogP contribution in [-0.4, -0.2) is 39.0 Å². The van der Waals surface area contributed by atoms with Crippen LogP contribution in [0.2, 0.25) is 0 Å². The molecule has 1 fully saturated rings. The normalized spacial score (nSPS) is 24.0. The molecule has 2 heterocycles. The Morgan fingerprint density at radius 1 is 1.44 bits per heavy atom. The topological polar surface area (TPSA) is 75.2 Å². The van der Waals surface area contributed by atoms with Crippen LogP contribution in [0, 0.1) is 0 Å². The minimum absolute atomic E-state index is 0.0768. The van der Waals surface area contributed by atoms with Crippen molar-refractivity contribution >= 4 is 11.8 Å². The van der Waals surface area contributed by atoms with E-state index < -0.39 is 12.1 Å². The summed E-state index contributed by atoms with van der Waals surface area (Å²) in [7, 11) is 0. The molecule has 0 aliphatic carbocycles. The molecule has 1 aliphatic heterocycles. The van der Waals surface area contributed by atoms with Gasteiger partial charge in [-0.1, -0.05) is 6.92 Å². The highest BCUT2D eigenvalue weighted by molar-refractivity contribution is 5.96. The van der Waals surface area contributed by atoms with Crippen LogP contribution in [-0.2, 0) is 16.1 Å².